The number of rotatable bonds is 4. The molecule has 0 aromatic heterocycles. The lowest BCUT2D eigenvalue weighted by atomic mass is 9.96. The second kappa shape index (κ2) is 7.69. The first-order valence-corrected chi connectivity index (χ1v) is 10.6. The van der Waals surface area contributed by atoms with Crippen LogP contribution in [0.2, 0.25) is 0 Å². The van der Waals surface area contributed by atoms with Crippen LogP contribution in [0.3, 0.4) is 0 Å². The first kappa shape index (κ1) is 19.0. The van der Waals surface area contributed by atoms with Gasteiger partial charge < -0.3 is 14.2 Å². The zero-order valence-corrected chi connectivity index (χ0v) is 18.3. The highest BCUT2D eigenvalue weighted by molar-refractivity contribution is 9.10. The normalized spacial score (nSPS) is 19.4. The first-order chi connectivity index (χ1) is 14.7. The van der Waals surface area contributed by atoms with Gasteiger partial charge in [0.25, 0.3) is 0 Å². The van der Waals surface area contributed by atoms with Crippen molar-refractivity contribution >= 4 is 21.6 Å². The number of ether oxygens (including phenoxy) is 3. The van der Waals surface area contributed by atoms with Gasteiger partial charge in [0.2, 0.25) is 6.23 Å². The van der Waals surface area contributed by atoms with E-state index in [0.29, 0.717) is 0 Å². The molecule has 0 radical (unpaired) electrons. The summed E-state index contributed by atoms with van der Waals surface area (Å²) in [4.78, 5) is 0. The monoisotopic (exact) mass is 464 g/mol. The van der Waals surface area contributed by atoms with Crippen molar-refractivity contribution in [3.63, 3.8) is 0 Å². The molecule has 5 rings (SSSR count). The SMILES string of the molecule is COc1ccc(C2=NN3C(C2)c2cc(Br)ccc2OC3c2ccccc2OC)cc1. The van der Waals surface area contributed by atoms with Gasteiger partial charge in [0, 0.05) is 16.5 Å². The van der Waals surface area contributed by atoms with E-state index in [4.69, 9.17) is 19.3 Å². The summed E-state index contributed by atoms with van der Waals surface area (Å²) in [5.74, 6) is 2.50. The van der Waals surface area contributed by atoms with Gasteiger partial charge in [-0.15, -0.1) is 0 Å². The highest BCUT2D eigenvalue weighted by Crippen LogP contribution is 2.49. The lowest BCUT2D eigenvalue weighted by molar-refractivity contribution is -0.0203. The van der Waals surface area contributed by atoms with Crippen molar-refractivity contribution in [2.75, 3.05) is 14.2 Å². The Labute approximate surface area is 184 Å². The van der Waals surface area contributed by atoms with E-state index in [2.05, 4.69) is 39.1 Å². The molecule has 2 aliphatic heterocycles. The fourth-order valence-corrected chi connectivity index (χ4v) is 4.47. The summed E-state index contributed by atoms with van der Waals surface area (Å²) < 4.78 is 18.4. The first-order valence-electron chi connectivity index (χ1n) is 9.77. The molecule has 3 aromatic carbocycles. The van der Waals surface area contributed by atoms with Gasteiger partial charge in [-0.1, -0.05) is 28.1 Å². The maximum atomic E-state index is 6.45. The minimum Gasteiger partial charge on any atom is -0.497 e. The minimum atomic E-state index is -0.365. The van der Waals surface area contributed by atoms with Crippen LogP contribution in [0, 0.1) is 0 Å². The molecule has 0 bridgehead atoms. The maximum Gasteiger partial charge on any atom is 0.217 e. The van der Waals surface area contributed by atoms with E-state index in [9.17, 15) is 0 Å². The van der Waals surface area contributed by atoms with Crippen molar-refractivity contribution in [1.29, 1.82) is 0 Å². The predicted octanol–water partition coefficient (Wildman–Crippen LogP) is 5.71. The molecule has 2 aliphatic rings. The van der Waals surface area contributed by atoms with Crippen LogP contribution >= 0.6 is 15.9 Å². The van der Waals surface area contributed by atoms with Crippen LogP contribution in [-0.4, -0.2) is 24.9 Å². The molecule has 0 N–H and O–H groups in total. The van der Waals surface area contributed by atoms with Crippen molar-refractivity contribution in [2.45, 2.75) is 18.7 Å². The van der Waals surface area contributed by atoms with Crippen LogP contribution in [0.4, 0.5) is 0 Å². The fraction of sp³-hybridized carbons (Fsp3) is 0.208. The summed E-state index contributed by atoms with van der Waals surface area (Å²) in [6, 6.07) is 22.2. The van der Waals surface area contributed by atoms with Gasteiger partial charge >= 0.3 is 0 Å². The van der Waals surface area contributed by atoms with E-state index < -0.39 is 0 Å². The number of hydrogen-bond acceptors (Lipinski definition) is 5. The number of hydrazone groups is 1. The quantitative estimate of drug-likeness (QED) is 0.495. The third-order valence-electron chi connectivity index (χ3n) is 5.58. The van der Waals surface area contributed by atoms with Gasteiger partial charge in [0.1, 0.15) is 17.2 Å². The van der Waals surface area contributed by atoms with Gasteiger partial charge in [0.15, 0.2) is 0 Å². The summed E-state index contributed by atoms with van der Waals surface area (Å²) in [5.41, 5.74) is 4.19. The van der Waals surface area contributed by atoms with E-state index in [-0.39, 0.29) is 12.3 Å². The molecule has 2 atom stereocenters. The van der Waals surface area contributed by atoms with Gasteiger partial charge in [-0.3, -0.25) is 0 Å². The fourth-order valence-electron chi connectivity index (χ4n) is 4.09. The summed E-state index contributed by atoms with van der Waals surface area (Å²) in [6.07, 6.45) is 0.431. The largest absolute Gasteiger partial charge is 0.497 e. The van der Waals surface area contributed by atoms with E-state index in [1.54, 1.807) is 14.2 Å². The molecule has 152 valence electrons. The molecule has 0 amide bonds. The van der Waals surface area contributed by atoms with Crippen LogP contribution in [0.1, 0.15) is 35.4 Å². The molecule has 0 aliphatic carbocycles. The lowest BCUT2D eigenvalue weighted by Crippen LogP contribution is -2.34. The van der Waals surface area contributed by atoms with E-state index in [1.807, 2.05) is 48.5 Å². The molecule has 30 heavy (non-hydrogen) atoms. The highest BCUT2D eigenvalue weighted by Gasteiger charge is 2.42. The topological polar surface area (TPSA) is 43.3 Å². The zero-order chi connectivity index (χ0) is 20.7. The summed E-state index contributed by atoms with van der Waals surface area (Å²) in [7, 11) is 3.35. The molecule has 0 spiro atoms. The number of hydrogen-bond donors (Lipinski definition) is 0. The Morgan fingerprint density at radius 1 is 0.967 bits per heavy atom. The number of para-hydroxylation sites is 1. The molecule has 2 unspecified atom stereocenters. The third-order valence-corrected chi connectivity index (χ3v) is 6.07. The maximum absolute atomic E-state index is 6.45. The number of halogens is 1. The van der Waals surface area contributed by atoms with Crippen molar-refractivity contribution < 1.29 is 14.2 Å². The molecule has 0 saturated carbocycles. The second-order valence-electron chi connectivity index (χ2n) is 7.27. The number of methoxy groups -OCH3 is 2. The van der Waals surface area contributed by atoms with E-state index in [1.165, 1.54) is 0 Å². The second-order valence-corrected chi connectivity index (χ2v) is 8.19. The Morgan fingerprint density at radius 2 is 1.77 bits per heavy atom. The van der Waals surface area contributed by atoms with Crippen LogP contribution in [0.25, 0.3) is 0 Å². The molecular weight excluding hydrogens is 444 g/mol. The number of fused-ring (bicyclic) bond motifs is 3. The Morgan fingerprint density at radius 3 is 2.53 bits per heavy atom. The van der Waals surface area contributed by atoms with Crippen LogP contribution in [0.5, 0.6) is 17.2 Å². The van der Waals surface area contributed by atoms with Crippen molar-refractivity contribution in [2.24, 2.45) is 5.10 Å². The summed E-state index contributed by atoms with van der Waals surface area (Å²) in [5, 5.41) is 7.07. The number of benzene rings is 3. The van der Waals surface area contributed by atoms with Crippen molar-refractivity contribution in [1.82, 2.24) is 5.01 Å². The highest BCUT2D eigenvalue weighted by atomic mass is 79.9. The molecule has 0 fully saturated rings. The molecule has 0 saturated heterocycles. The van der Waals surface area contributed by atoms with Crippen LogP contribution in [-0.2, 0) is 0 Å². The predicted molar refractivity (Wildman–Crippen MR) is 119 cm³/mol. The standard InChI is InChI=1S/C24H21BrN2O3/c1-28-17-10-7-15(8-11-17)20-14-21-19-13-16(25)9-12-23(19)30-24(27(21)26-20)18-5-3-4-6-22(18)29-2/h3-13,21,24H,14H2,1-2H3. The Bertz CT molecular complexity index is 1110. The Balaban J connectivity index is 1.60. The summed E-state index contributed by atoms with van der Waals surface area (Å²) >= 11 is 3.60. The summed E-state index contributed by atoms with van der Waals surface area (Å²) in [6.45, 7) is 0. The van der Waals surface area contributed by atoms with Crippen LogP contribution < -0.4 is 14.2 Å². The van der Waals surface area contributed by atoms with E-state index >= 15 is 0 Å². The smallest absolute Gasteiger partial charge is 0.217 e. The lowest BCUT2D eigenvalue weighted by Gasteiger charge is -2.38. The van der Waals surface area contributed by atoms with Gasteiger partial charge in [-0.25, -0.2) is 5.01 Å². The van der Waals surface area contributed by atoms with Gasteiger partial charge in [-0.05, 0) is 60.2 Å². The van der Waals surface area contributed by atoms with E-state index in [0.717, 1.165) is 50.5 Å². The van der Waals surface area contributed by atoms with Crippen LogP contribution in [0.15, 0.2) is 76.3 Å². The molecule has 2 heterocycles. The Hall–Kier alpha value is -2.99. The zero-order valence-electron chi connectivity index (χ0n) is 16.7. The van der Waals surface area contributed by atoms with Gasteiger partial charge in [0.05, 0.1) is 31.5 Å². The van der Waals surface area contributed by atoms with Crippen molar-refractivity contribution in [3.05, 3.63) is 87.9 Å². The van der Waals surface area contributed by atoms with Gasteiger partial charge in [-0.2, -0.15) is 5.10 Å². The average Bonchev–Trinajstić information content (AvgIpc) is 3.24. The average molecular weight is 465 g/mol. The molecule has 6 heteroatoms. The minimum absolute atomic E-state index is 0.0817. The van der Waals surface area contributed by atoms with Crippen molar-refractivity contribution in [3.8, 4) is 17.2 Å². The third kappa shape index (κ3) is 3.21. The Kier molecular flexibility index (Phi) is 4.87. The number of nitrogens with zero attached hydrogens (tertiary/aromatic N) is 2. The molecule has 5 nitrogen and oxygen atoms in total. The molecular formula is C24H21BrN2O3. The molecule has 3 aromatic rings.